The predicted octanol–water partition coefficient (Wildman–Crippen LogP) is 33.3. The number of rotatable bonds is 47. The van der Waals surface area contributed by atoms with Gasteiger partial charge in [0.15, 0.2) is 46.0 Å². The molecular formula is C115H176N4O8. The Labute approximate surface area is 776 Å². The molecule has 0 fully saturated rings. The van der Waals surface area contributed by atoms with Crippen molar-refractivity contribution >= 4 is 0 Å². The van der Waals surface area contributed by atoms with E-state index in [0.29, 0.717) is 88.1 Å². The van der Waals surface area contributed by atoms with Gasteiger partial charge >= 0.3 is 0 Å². The molecule has 0 saturated heterocycles. The highest BCUT2D eigenvalue weighted by atomic mass is 16.5. The number of nitrogens with zero attached hydrogens (tertiary/aromatic N) is 4. The first-order chi connectivity index (χ1) is 60.7. The van der Waals surface area contributed by atoms with Gasteiger partial charge < -0.3 is 39.4 Å². The number of nitriles is 4. The lowest BCUT2D eigenvalue weighted by Crippen LogP contribution is -2.10. The molecule has 127 heavy (non-hydrogen) atoms. The summed E-state index contributed by atoms with van der Waals surface area (Å²) in [5.74, 6) is 11.1. The summed E-state index contributed by atoms with van der Waals surface area (Å²) in [6.45, 7) is 48.5. The van der Waals surface area contributed by atoms with Crippen LogP contribution in [0.5, 0.6) is 46.0 Å². The van der Waals surface area contributed by atoms with Crippen LogP contribution in [-0.4, -0.2) is 48.9 Å². The molecule has 12 heteroatoms. The van der Waals surface area contributed by atoms with Gasteiger partial charge in [-0.25, -0.2) is 0 Å². The maximum atomic E-state index is 9.73. The third kappa shape index (κ3) is 45.6. The Morgan fingerprint density at radius 3 is 0.969 bits per heavy atom. The lowest BCUT2D eigenvalue weighted by molar-refractivity contribution is 0.369. The Balaban J connectivity index is 0.000000743. The van der Waals surface area contributed by atoms with Gasteiger partial charge in [-0.1, -0.05) is 330 Å². The maximum absolute atomic E-state index is 9.73. The first-order valence-electron chi connectivity index (χ1n) is 48.9. The van der Waals surface area contributed by atoms with Gasteiger partial charge in [0.25, 0.3) is 0 Å². The molecule has 0 heterocycles. The number of aromatic hydroxyl groups is 4. The zero-order valence-electron chi connectivity index (χ0n) is 84.3. The van der Waals surface area contributed by atoms with E-state index in [-0.39, 0.29) is 46.7 Å². The Morgan fingerprint density at radius 1 is 0.307 bits per heavy atom. The van der Waals surface area contributed by atoms with E-state index in [4.69, 9.17) is 40.0 Å². The first-order valence-corrected chi connectivity index (χ1v) is 48.9. The highest BCUT2D eigenvalue weighted by molar-refractivity contribution is 5.50. The Morgan fingerprint density at radius 2 is 0.622 bits per heavy atom. The van der Waals surface area contributed by atoms with Crippen molar-refractivity contribution in [1.29, 1.82) is 21.0 Å². The quantitative estimate of drug-likeness (QED) is 0.0262. The summed E-state index contributed by atoms with van der Waals surface area (Å²) in [5.41, 5.74) is 11.8. The van der Waals surface area contributed by atoms with Crippen LogP contribution in [0.2, 0.25) is 0 Å². The SMILES string of the molecule is CC(C#N)CC(c1ccccc1)C(C)C.CCC(C#N)CCCCC(c1ccc(O)c(OC)c1)C(C)C.CCC(C#N)CCCCC(c1ccccc1C)C(C)C.CCCCCC(c1ccc(O)c(OC)c1)C(C)C.CCCCCC(c1ccccc1)C(C)C.CCCCCCC(C)Cc1ccc(O)c(OC)c1C.COc1cc(C(CC(C)C#N)C(C)C)ccc1O. The van der Waals surface area contributed by atoms with Gasteiger partial charge in [0, 0.05) is 23.7 Å². The summed E-state index contributed by atoms with van der Waals surface area (Å²) in [7, 11) is 6.33. The third-order valence-corrected chi connectivity index (χ3v) is 25.5. The van der Waals surface area contributed by atoms with Crippen molar-refractivity contribution in [2.75, 3.05) is 28.4 Å². The molecule has 0 amide bonds. The van der Waals surface area contributed by atoms with E-state index in [2.05, 4.69) is 235 Å². The summed E-state index contributed by atoms with van der Waals surface area (Å²) in [6.07, 6.45) is 30.8. The van der Waals surface area contributed by atoms with Gasteiger partial charge in [0.2, 0.25) is 0 Å². The standard InChI is InChI=1S/C19H29NO2.C19H29N.C17H28O2.C16H26O2.C15H21NO2.C15H24.C14H19N/c1-5-15(13-20)8-6-7-9-17(14(2)3)16-10-11-18(21)19(12-16)22-4;1-5-17(14-20)11-7-9-12-18(15(2)3)19-13-8-6-10-16(19)4;1-5-6-7-8-9-13(2)12-15-10-11-16(18)17(19-4)14(15)3;1-5-6-7-8-14(12(2)3)13-9-10-15(17)16(11-13)18-4;1-10(2)13(7-11(3)9-16)12-5-6-14(17)15(8-12)18-4;1-4-5-7-12-15(13(2)3)14-10-8-6-9-11-14;1-11(2)14(9-12(3)10-15)13-7-5-4-6-8-13/h10-12,14-15,17,21H,5-9H2,1-4H3;6,8,10,13,15,17-18H,5,7,9,11-12H2,1-4H3;10-11,13,18H,5-9,12H2,1-4H3;9-12,14,17H,5-8H2,1-4H3;5-6,8,10-11,13,17H,7H2,1-4H3;6,8-11,13,15H,4-5,7,12H2,1-3H3;4-8,11-12,14H,9H2,1-3H3. The van der Waals surface area contributed by atoms with Crippen molar-refractivity contribution < 1.29 is 39.4 Å². The maximum Gasteiger partial charge on any atom is 0.163 e. The topological polar surface area (TPSA) is 213 Å². The highest BCUT2D eigenvalue weighted by Crippen LogP contribution is 2.41. The number of benzene rings is 7. The van der Waals surface area contributed by atoms with Crippen LogP contribution in [0.25, 0.3) is 0 Å². The van der Waals surface area contributed by atoms with Gasteiger partial charge in [-0.15, -0.1) is 0 Å². The molecule has 4 N–H and O–H groups in total. The average molecular weight is 1740 g/mol. The molecule has 12 nitrogen and oxygen atoms in total. The molecule has 7 rings (SSSR count). The molecule has 0 spiro atoms. The van der Waals surface area contributed by atoms with Crippen molar-refractivity contribution in [2.45, 2.75) is 355 Å². The van der Waals surface area contributed by atoms with Gasteiger partial charge in [-0.05, 0) is 268 Å². The van der Waals surface area contributed by atoms with Gasteiger partial charge in [-0.3, -0.25) is 0 Å². The number of methoxy groups -OCH3 is 4. The van der Waals surface area contributed by atoms with E-state index in [1.54, 1.807) is 52.7 Å². The summed E-state index contributed by atoms with van der Waals surface area (Å²) < 4.78 is 20.8. The molecule has 11 unspecified atom stereocenters. The molecule has 0 aromatic heterocycles. The molecule has 0 aliphatic rings. The smallest absolute Gasteiger partial charge is 0.163 e. The van der Waals surface area contributed by atoms with Gasteiger partial charge in [0.05, 0.1) is 52.7 Å². The number of phenolic OH excluding ortho intramolecular Hbond substituents is 4. The van der Waals surface area contributed by atoms with Crippen molar-refractivity contribution in [3.05, 3.63) is 202 Å². The molecule has 0 radical (unpaired) electrons. The molecule has 0 aliphatic carbocycles. The number of unbranched alkanes of at least 4 members (excludes halogenated alkanes) is 9. The molecule has 11 atom stereocenters. The van der Waals surface area contributed by atoms with E-state index < -0.39 is 0 Å². The predicted molar refractivity (Wildman–Crippen MR) is 537 cm³/mol. The molecule has 7 aromatic rings. The second-order valence-electron chi connectivity index (χ2n) is 37.7. The molecule has 7 aromatic carbocycles. The summed E-state index contributed by atoms with van der Waals surface area (Å²) >= 11 is 0. The molecular weight excluding hydrogens is 1570 g/mol. The van der Waals surface area contributed by atoms with Crippen LogP contribution < -0.4 is 18.9 Å². The van der Waals surface area contributed by atoms with Crippen molar-refractivity contribution in [1.82, 2.24) is 0 Å². The van der Waals surface area contributed by atoms with Gasteiger partial charge in [-0.2, -0.15) is 21.0 Å². The number of aryl methyl sites for hydroxylation is 1. The van der Waals surface area contributed by atoms with Crippen molar-refractivity contribution in [3.63, 3.8) is 0 Å². The Hall–Kier alpha value is -9.10. The summed E-state index contributed by atoms with van der Waals surface area (Å²) in [4.78, 5) is 0. The Kier molecular flexibility index (Phi) is 62.1. The number of hydrogen-bond donors (Lipinski definition) is 4. The van der Waals surface area contributed by atoms with E-state index in [1.807, 2.05) is 69.3 Å². The van der Waals surface area contributed by atoms with E-state index in [1.165, 1.54) is 142 Å². The lowest BCUT2D eigenvalue weighted by Gasteiger charge is -2.23. The minimum atomic E-state index is 0.0252. The van der Waals surface area contributed by atoms with E-state index in [9.17, 15) is 20.4 Å². The fourth-order valence-electron chi connectivity index (χ4n) is 17.2. The fraction of sp³-hybridized carbons (Fsp3) is 0.600. The zero-order chi connectivity index (χ0) is 95.3. The monoisotopic (exact) mass is 1740 g/mol. The number of hydrogen-bond acceptors (Lipinski definition) is 12. The first kappa shape index (κ1) is 116. The molecule has 704 valence electrons. The third-order valence-electron chi connectivity index (χ3n) is 25.5. The number of ether oxygens (including phenoxy) is 4. The van der Waals surface area contributed by atoms with Crippen LogP contribution in [0.15, 0.2) is 152 Å². The summed E-state index contributed by atoms with van der Waals surface area (Å²) in [6, 6.07) is 60.2. The van der Waals surface area contributed by atoms with Gasteiger partial charge in [0.1, 0.15) is 0 Å². The van der Waals surface area contributed by atoms with Crippen LogP contribution in [0, 0.1) is 124 Å². The second kappa shape index (κ2) is 68.1. The normalized spacial score (nSPS) is 13.5. The van der Waals surface area contributed by atoms with Crippen LogP contribution >= 0.6 is 0 Å². The second-order valence-corrected chi connectivity index (χ2v) is 37.7. The fourth-order valence-corrected chi connectivity index (χ4v) is 17.2. The van der Waals surface area contributed by atoms with E-state index >= 15 is 0 Å². The van der Waals surface area contributed by atoms with Crippen molar-refractivity contribution in [2.24, 2.45) is 65.1 Å². The van der Waals surface area contributed by atoms with Crippen LogP contribution in [0.4, 0.5) is 0 Å². The largest absolute Gasteiger partial charge is 0.504 e. The molecule has 0 aliphatic heterocycles. The number of phenols is 4. The average Bonchev–Trinajstić information content (AvgIpc) is 0.842. The van der Waals surface area contributed by atoms with E-state index in [0.717, 1.165) is 87.2 Å². The lowest BCUT2D eigenvalue weighted by atomic mass is 9.82. The van der Waals surface area contributed by atoms with Crippen molar-refractivity contribution in [3.8, 4) is 70.3 Å². The summed E-state index contributed by atoms with van der Waals surface area (Å²) in [5, 5.41) is 74.5. The van der Waals surface area contributed by atoms with Crippen LogP contribution in [0.1, 0.15) is 385 Å². The van der Waals surface area contributed by atoms with Crippen LogP contribution in [0.3, 0.4) is 0 Å². The molecule has 0 bridgehead atoms. The minimum Gasteiger partial charge on any atom is -0.504 e. The highest BCUT2D eigenvalue weighted by Gasteiger charge is 2.25. The Bertz CT molecular complexity index is 4160. The molecule has 0 saturated carbocycles. The zero-order valence-corrected chi connectivity index (χ0v) is 84.3. The van der Waals surface area contributed by atoms with Crippen LogP contribution in [-0.2, 0) is 6.42 Å². The minimum absolute atomic E-state index is 0.0252.